The van der Waals surface area contributed by atoms with E-state index in [-0.39, 0.29) is 42.0 Å². The topological polar surface area (TPSA) is 135 Å². The molecule has 2 N–H and O–H groups in total. The number of hydrogen-bond donors (Lipinski definition) is 2. The smallest absolute Gasteiger partial charge is 0.262 e. The van der Waals surface area contributed by atoms with Crippen molar-refractivity contribution in [3.63, 3.8) is 0 Å². The summed E-state index contributed by atoms with van der Waals surface area (Å²) in [4.78, 5) is 15.7. The number of benzene rings is 1. The Labute approximate surface area is 155 Å². The molecule has 11 heteroatoms. The highest BCUT2D eigenvalue weighted by Gasteiger charge is 2.43. The molecule has 3 heterocycles. The number of amides is 1. The summed E-state index contributed by atoms with van der Waals surface area (Å²) in [7, 11) is -3.98. The van der Waals surface area contributed by atoms with E-state index in [1.807, 2.05) is 6.92 Å². The Morgan fingerprint density at radius 1 is 1.41 bits per heavy atom. The molecular formula is C16H18N4O6S. The van der Waals surface area contributed by atoms with Crippen molar-refractivity contribution in [3.8, 4) is 5.75 Å². The van der Waals surface area contributed by atoms with Crippen molar-refractivity contribution in [2.24, 2.45) is 0 Å². The van der Waals surface area contributed by atoms with Crippen LogP contribution >= 0.6 is 0 Å². The number of aromatic nitrogens is 2. The summed E-state index contributed by atoms with van der Waals surface area (Å²) in [6, 6.07) is 3.48. The van der Waals surface area contributed by atoms with E-state index in [0.717, 1.165) is 4.31 Å². The molecular weight excluding hydrogens is 376 g/mol. The number of nitrogens with one attached hydrogen (secondary N) is 1. The van der Waals surface area contributed by atoms with E-state index in [2.05, 4.69) is 15.5 Å². The van der Waals surface area contributed by atoms with E-state index in [0.29, 0.717) is 18.0 Å². The molecule has 0 unspecified atom stereocenters. The van der Waals surface area contributed by atoms with Gasteiger partial charge in [0.2, 0.25) is 15.9 Å². The van der Waals surface area contributed by atoms with Gasteiger partial charge in [0, 0.05) is 19.4 Å². The lowest BCUT2D eigenvalue weighted by Gasteiger charge is -2.23. The van der Waals surface area contributed by atoms with Gasteiger partial charge in [-0.05, 0) is 18.2 Å². The predicted octanol–water partition coefficient (Wildman–Crippen LogP) is 0.460. The first-order valence-corrected chi connectivity index (χ1v) is 9.91. The second kappa shape index (κ2) is 6.59. The first-order chi connectivity index (χ1) is 12.9. The van der Waals surface area contributed by atoms with Gasteiger partial charge < -0.3 is 19.7 Å². The predicted molar refractivity (Wildman–Crippen MR) is 91.5 cm³/mol. The normalized spacial score (nSPS) is 23.0. The number of fused-ring (bicyclic) bond motifs is 1. The minimum Gasteiger partial charge on any atom is -0.482 e. The molecule has 2 aliphatic rings. The van der Waals surface area contributed by atoms with Gasteiger partial charge in [0.15, 0.2) is 12.4 Å². The fraction of sp³-hybridized carbons (Fsp3) is 0.438. The molecule has 0 spiro atoms. The number of carbonyl (C=O) groups excluding carboxylic acids is 1. The molecule has 1 amide bonds. The van der Waals surface area contributed by atoms with Crippen molar-refractivity contribution in [1.29, 1.82) is 0 Å². The summed E-state index contributed by atoms with van der Waals surface area (Å²) in [6.07, 6.45) is -0.131. The third-order valence-electron chi connectivity index (χ3n) is 4.51. The summed E-state index contributed by atoms with van der Waals surface area (Å²) in [5.41, 5.74) is 0.287. The van der Waals surface area contributed by atoms with Crippen LogP contribution in [0.3, 0.4) is 0 Å². The molecule has 1 aromatic carbocycles. The molecule has 27 heavy (non-hydrogen) atoms. The Kier molecular flexibility index (Phi) is 4.36. The Morgan fingerprint density at radius 3 is 2.96 bits per heavy atom. The van der Waals surface area contributed by atoms with Crippen LogP contribution < -0.4 is 10.1 Å². The highest BCUT2D eigenvalue weighted by atomic mass is 32.2. The lowest BCUT2D eigenvalue weighted by molar-refractivity contribution is -0.118. The first-order valence-electron chi connectivity index (χ1n) is 8.47. The van der Waals surface area contributed by atoms with Gasteiger partial charge in [-0.1, -0.05) is 12.1 Å². The van der Waals surface area contributed by atoms with Crippen molar-refractivity contribution in [3.05, 3.63) is 29.9 Å². The van der Waals surface area contributed by atoms with Crippen LogP contribution in [0, 0.1) is 0 Å². The third kappa shape index (κ3) is 3.17. The number of sulfonamides is 1. The number of hydrogen-bond acceptors (Lipinski definition) is 8. The molecule has 0 saturated carbocycles. The number of β-amino-alcohol motifs (C(OH)–C–C–N with tert-alkyl or cyclic N) is 1. The summed E-state index contributed by atoms with van der Waals surface area (Å²) in [5.74, 6) is 0.666. The van der Waals surface area contributed by atoms with Crippen LogP contribution in [0.2, 0.25) is 0 Å². The Balaban J connectivity index is 1.69. The molecule has 2 atom stereocenters. The van der Waals surface area contributed by atoms with Gasteiger partial charge in [-0.2, -0.15) is 9.29 Å². The molecule has 1 fully saturated rings. The maximum absolute atomic E-state index is 13.2. The van der Waals surface area contributed by atoms with Gasteiger partial charge >= 0.3 is 0 Å². The summed E-state index contributed by atoms with van der Waals surface area (Å²) < 4.78 is 38.0. The van der Waals surface area contributed by atoms with Crippen LogP contribution in [0.1, 0.15) is 31.1 Å². The number of aliphatic hydroxyl groups is 1. The minimum atomic E-state index is -3.98. The standard InChI is InChI=1S/C16H18N4O6S/c1-2-14-18-16(26-19-14)12-5-9(21)7-20(12)27(23,24)10-3-4-13-11(6-10)17-15(22)8-25-13/h3-4,6,9,12,21H,2,5,7-8H2,1H3,(H,17,22)/t9-,12+/m0/s1. The van der Waals surface area contributed by atoms with Gasteiger partial charge in [0.05, 0.1) is 16.7 Å². The van der Waals surface area contributed by atoms with Crippen LogP contribution in [-0.4, -0.2) is 53.1 Å². The second-order valence-corrected chi connectivity index (χ2v) is 8.27. The van der Waals surface area contributed by atoms with Gasteiger partial charge in [0.25, 0.3) is 5.91 Å². The molecule has 2 aromatic rings. The zero-order valence-corrected chi connectivity index (χ0v) is 15.3. The highest BCUT2D eigenvalue weighted by molar-refractivity contribution is 7.89. The van der Waals surface area contributed by atoms with Crippen LogP contribution in [0.15, 0.2) is 27.6 Å². The highest BCUT2D eigenvalue weighted by Crippen LogP contribution is 2.38. The SMILES string of the molecule is CCc1noc([C@H]2C[C@H](O)CN2S(=O)(=O)c2ccc3c(c2)NC(=O)CO3)n1. The van der Waals surface area contributed by atoms with E-state index in [9.17, 15) is 18.3 Å². The summed E-state index contributed by atoms with van der Waals surface area (Å²) in [5, 5.41) is 16.5. The van der Waals surface area contributed by atoms with Gasteiger partial charge in [-0.15, -0.1) is 0 Å². The van der Waals surface area contributed by atoms with Crippen LogP contribution in [0.25, 0.3) is 0 Å². The fourth-order valence-corrected chi connectivity index (χ4v) is 4.84. The number of rotatable bonds is 4. The minimum absolute atomic E-state index is 0.0265. The lowest BCUT2D eigenvalue weighted by atomic mass is 10.2. The molecule has 0 aliphatic carbocycles. The van der Waals surface area contributed by atoms with E-state index < -0.39 is 22.2 Å². The molecule has 0 bridgehead atoms. The molecule has 2 aliphatic heterocycles. The average molecular weight is 394 g/mol. The van der Waals surface area contributed by atoms with Crippen LogP contribution in [0.4, 0.5) is 5.69 Å². The Hall–Kier alpha value is -2.50. The number of anilines is 1. The number of aliphatic hydroxyl groups excluding tert-OH is 1. The maximum atomic E-state index is 13.2. The molecule has 1 aromatic heterocycles. The van der Waals surface area contributed by atoms with Crippen molar-refractivity contribution < 1.29 is 27.6 Å². The van der Waals surface area contributed by atoms with E-state index in [4.69, 9.17) is 9.26 Å². The molecule has 1 saturated heterocycles. The molecule has 4 rings (SSSR count). The van der Waals surface area contributed by atoms with Crippen molar-refractivity contribution in [2.75, 3.05) is 18.5 Å². The fourth-order valence-electron chi connectivity index (χ4n) is 3.18. The largest absolute Gasteiger partial charge is 0.482 e. The van der Waals surface area contributed by atoms with Crippen LogP contribution in [0.5, 0.6) is 5.75 Å². The van der Waals surface area contributed by atoms with Crippen molar-refractivity contribution >= 4 is 21.6 Å². The molecule has 0 radical (unpaired) electrons. The monoisotopic (exact) mass is 394 g/mol. The summed E-state index contributed by atoms with van der Waals surface area (Å²) in [6.45, 7) is 1.66. The summed E-state index contributed by atoms with van der Waals surface area (Å²) >= 11 is 0. The lowest BCUT2D eigenvalue weighted by Crippen LogP contribution is -2.32. The van der Waals surface area contributed by atoms with Gasteiger partial charge in [-0.3, -0.25) is 4.79 Å². The number of aryl methyl sites for hydroxylation is 1. The van der Waals surface area contributed by atoms with E-state index in [1.54, 1.807) is 0 Å². The average Bonchev–Trinajstić information content (AvgIpc) is 3.27. The van der Waals surface area contributed by atoms with Gasteiger partial charge in [-0.25, -0.2) is 8.42 Å². The van der Waals surface area contributed by atoms with Crippen LogP contribution in [-0.2, 0) is 21.2 Å². The Morgan fingerprint density at radius 2 is 2.22 bits per heavy atom. The number of carbonyl (C=O) groups is 1. The number of ether oxygens (including phenoxy) is 1. The second-order valence-electron chi connectivity index (χ2n) is 6.38. The molecule has 144 valence electrons. The zero-order chi connectivity index (χ0) is 19.2. The quantitative estimate of drug-likeness (QED) is 0.764. The zero-order valence-electron chi connectivity index (χ0n) is 14.5. The van der Waals surface area contributed by atoms with Crippen molar-refractivity contribution in [2.45, 2.75) is 36.8 Å². The van der Waals surface area contributed by atoms with Gasteiger partial charge in [0.1, 0.15) is 11.8 Å². The van der Waals surface area contributed by atoms with Crippen molar-refractivity contribution in [1.82, 2.24) is 14.4 Å². The Bertz CT molecular complexity index is 989. The van der Waals surface area contributed by atoms with E-state index >= 15 is 0 Å². The first kappa shape index (κ1) is 17.9. The van der Waals surface area contributed by atoms with E-state index in [1.165, 1.54) is 18.2 Å². The molecule has 10 nitrogen and oxygen atoms in total. The maximum Gasteiger partial charge on any atom is 0.262 e. The number of nitrogens with zero attached hydrogens (tertiary/aromatic N) is 3. The third-order valence-corrected chi connectivity index (χ3v) is 6.38.